The number of sulfone groups is 1. The number of ether oxygens (including phenoxy) is 1. The summed E-state index contributed by atoms with van der Waals surface area (Å²) >= 11 is 0. The second-order valence-electron chi connectivity index (χ2n) is 8.22. The number of hydrogen-bond acceptors (Lipinski definition) is 4. The van der Waals surface area contributed by atoms with Crippen LogP contribution in [0, 0.1) is 12.8 Å². The molecule has 0 aliphatic rings. The van der Waals surface area contributed by atoms with Crippen LogP contribution in [0.5, 0.6) is 5.75 Å². The molecule has 0 fully saturated rings. The van der Waals surface area contributed by atoms with E-state index in [1.165, 1.54) is 6.26 Å². The number of hydrogen-bond donors (Lipinski definition) is 2. The number of nitrogens with zero attached hydrogens (tertiary/aromatic N) is 1. The lowest BCUT2D eigenvalue weighted by molar-refractivity contribution is 0.287. The molecule has 0 radical (unpaired) electrons. The Hall–Kier alpha value is -1.76. The predicted molar refractivity (Wildman–Crippen MR) is 118 cm³/mol. The molecule has 0 atom stereocenters. The van der Waals surface area contributed by atoms with E-state index in [-0.39, 0.29) is 6.54 Å². The molecule has 2 N–H and O–H groups in total. The van der Waals surface area contributed by atoms with E-state index in [4.69, 9.17) is 4.74 Å². The highest BCUT2D eigenvalue weighted by Gasteiger charge is 2.30. The summed E-state index contributed by atoms with van der Waals surface area (Å²) in [6, 6.07) is 6.12. The lowest BCUT2D eigenvalue weighted by Crippen LogP contribution is -2.47. The van der Waals surface area contributed by atoms with Crippen molar-refractivity contribution in [2.45, 2.75) is 59.3 Å². The molecule has 7 heteroatoms. The van der Waals surface area contributed by atoms with Gasteiger partial charge in [0.2, 0.25) is 0 Å². The molecule has 0 aromatic heterocycles. The SMILES string of the molecule is CCNC(=NCc1ccc(C)cc1OCCC(C)C)NCC(C)(C)S(C)(=O)=O. The first kappa shape index (κ1) is 24.3. The summed E-state index contributed by atoms with van der Waals surface area (Å²) in [5, 5.41) is 6.31. The van der Waals surface area contributed by atoms with Crippen molar-refractivity contribution >= 4 is 15.8 Å². The van der Waals surface area contributed by atoms with Crippen molar-refractivity contribution in [3.63, 3.8) is 0 Å². The summed E-state index contributed by atoms with van der Waals surface area (Å²) in [6.07, 6.45) is 2.26. The molecule has 0 aliphatic heterocycles. The highest BCUT2D eigenvalue weighted by Crippen LogP contribution is 2.22. The Morgan fingerprint density at radius 3 is 2.50 bits per heavy atom. The van der Waals surface area contributed by atoms with E-state index in [9.17, 15) is 8.42 Å². The molecule has 0 saturated heterocycles. The molecule has 0 heterocycles. The minimum absolute atomic E-state index is 0.281. The lowest BCUT2D eigenvalue weighted by atomic mass is 10.1. The maximum absolute atomic E-state index is 11.9. The quantitative estimate of drug-likeness (QED) is 0.456. The third-order valence-electron chi connectivity index (χ3n) is 4.61. The highest BCUT2D eigenvalue weighted by atomic mass is 32.2. The van der Waals surface area contributed by atoms with Gasteiger partial charge in [-0.05, 0) is 51.7 Å². The molecule has 6 nitrogen and oxygen atoms in total. The van der Waals surface area contributed by atoms with E-state index in [0.717, 1.165) is 23.3 Å². The molecular formula is C21H37N3O3S. The van der Waals surface area contributed by atoms with Crippen molar-refractivity contribution < 1.29 is 13.2 Å². The van der Waals surface area contributed by atoms with E-state index in [1.807, 2.05) is 32.0 Å². The predicted octanol–water partition coefficient (Wildman–Crippen LogP) is 3.30. The van der Waals surface area contributed by atoms with E-state index >= 15 is 0 Å². The van der Waals surface area contributed by atoms with E-state index in [1.54, 1.807) is 13.8 Å². The molecule has 0 amide bonds. The fourth-order valence-corrected chi connectivity index (χ4v) is 2.60. The van der Waals surface area contributed by atoms with E-state index in [2.05, 4.69) is 29.5 Å². The van der Waals surface area contributed by atoms with Crippen molar-refractivity contribution in [3.8, 4) is 5.75 Å². The fourth-order valence-electron chi connectivity index (χ4n) is 2.26. The molecule has 160 valence electrons. The van der Waals surface area contributed by atoms with Gasteiger partial charge in [0, 0.05) is 24.9 Å². The molecule has 0 spiro atoms. The molecular weight excluding hydrogens is 374 g/mol. The fraction of sp³-hybridized carbons (Fsp3) is 0.667. The second-order valence-corrected chi connectivity index (χ2v) is 10.9. The first-order valence-corrected chi connectivity index (χ1v) is 11.8. The lowest BCUT2D eigenvalue weighted by Gasteiger charge is -2.24. The average Bonchev–Trinajstić information content (AvgIpc) is 2.57. The normalized spacial score (nSPS) is 12.9. The van der Waals surface area contributed by atoms with Gasteiger partial charge in [0.05, 0.1) is 17.9 Å². The topological polar surface area (TPSA) is 79.8 Å². The summed E-state index contributed by atoms with van der Waals surface area (Å²) in [6.45, 7) is 13.9. The Balaban J connectivity index is 2.89. The van der Waals surface area contributed by atoms with Crippen LogP contribution in [-0.2, 0) is 16.4 Å². The van der Waals surface area contributed by atoms with E-state index in [0.29, 0.717) is 31.6 Å². The molecule has 1 rings (SSSR count). The van der Waals surface area contributed by atoms with Crippen molar-refractivity contribution in [2.24, 2.45) is 10.9 Å². The first-order valence-electron chi connectivity index (χ1n) is 9.90. The number of aryl methyl sites for hydroxylation is 1. The average molecular weight is 412 g/mol. The zero-order chi connectivity index (χ0) is 21.4. The van der Waals surface area contributed by atoms with Gasteiger partial charge in [-0.1, -0.05) is 26.0 Å². The Kier molecular flexibility index (Phi) is 9.27. The van der Waals surface area contributed by atoms with Gasteiger partial charge in [0.15, 0.2) is 15.8 Å². The van der Waals surface area contributed by atoms with Crippen molar-refractivity contribution in [3.05, 3.63) is 29.3 Å². The number of nitrogens with one attached hydrogen (secondary N) is 2. The van der Waals surface area contributed by atoms with Crippen LogP contribution in [0.3, 0.4) is 0 Å². The van der Waals surface area contributed by atoms with Gasteiger partial charge in [0.25, 0.3) is 0 Å². The molecule has 28 heavy (non-hydrogen) atoms. The van der Waals surface area contributed by atoms with Gasteiger partial charge in [-0.25, -0.2) is 13.4 Å². The third kappa shape index (κ3) is 8.09. The van der Waals surface area contributed by atoms with Gasteiger partial charge < -0.3 is 15.4 Å². The Morgan fingerprint density at radius 1 is 1.25 bits per heavy atom. The zero-order valence-electron chi connectivity index (χ0n) is 18.4. The Labute approximate surface area is 171 Å². The molecule has 0 unspecified atom stereocenters. The number of rotatable bonds is 10. The van der Waals surface area contributed by atoms with Gasteiger partial charge in [0.1, 0.15) is 5.75 Å². The molecule has 0 aliphatic carbocycles. The molecule has 1 aromatic rings. The zero-order valence-corrected chi connectivity index (χ0v) is 19.2. The maximum atomic E-state index is 11.9. The molecule has 1 aromatic carbocycles. The standard InChI is InChI=1S/C21H37N3O3S/c1-8-22-20(24-15-21(5,6)28(7,25)26)23-14-18-10-9-17(4)13-19(18)27-12-11-16(2)3/h9-10,13,16H,8,11-12,14-15H2,1-7H3,(H2,22,23,24). The number of guanidine groups is 1. The summed E-state index contributed by atoms with van der Waals surface area (Å²) in [4.78, 5) is 4.62. The van der Waals surface area contributed by atoms with Crippen LogP contribution >= 0.6 is 0 Å². The second kappa shape index (κ2) is 10.7. The van der Waals surface area contributed by atoms with Crippen LogP contribution < -0.4 is 15.4 Å². The summed E-state index contributed by atoms with van der Waals surface area (Å²) < 4.78 is 28.9. The Morgan fingerprint density at radius 2 is 1.93 bits per heavy atom. The van der Waals surface area contributed by atoms with Gasteiger partial charge in [-0.3, -0.25) is 0 Å². The van der Waals surface area contributed by atoms with Crippen LogP contribution in [-0.4, -0.2) is 45.1 Å². The maximum Gasteiger partial charge on any atom is 0.191 e. The largest absolute Gasteiger partial charge is 0.493 e. The van der Waals surface area contributed by atoms with Crippen LogP contribution in [0.4, 0.5) is 0 Å². The van der Waals surface area contributed by atoms with Crippen molar-refractivity contribution in [1.29, 1.82) is 0 Å². The summed E-state index contributed by atoms with van der Waals surface area (Å²) in [5.74, 6) is 2.04. The van der Waals surface area contributed by atoms with Crippen LogP contribution in [0.25, 0.3) is 0 Å². The summed E-state index contributed by atoms with van der Waals surface area (Å²) in [7, 11) is -3.17. The minimum atomic E-state index is -3.17. The number of aliphatic imine (C=N–C) groups is 1. The van der Waals surface area contributed by atoms with Gasteiger partial charge in [-0.2, -0.15) is 0 Å². The van der Waals surface area contributed by atoms with Crippen molar-refractivity contribution in [1.82, 2.24) is 10.6 Å². The first-order chi connectivity index (χ1) is 13.0. The van der Waals surface area contributed by atoms with E-state index < -0.39 is 14.6 Å². The number of benzene rings is 1. The minimum Gasteiger partial charge on any atom is -0.493 e. The van der Waals surface area contributed by atoms with Crippen LogP contribution in [0.15, 0.2) is 23.2 Å². The van der Waals surface area contributed by atoms with Crippen molar-refractivity contribution in [2.75, 3.05) is 26.0 Å². The van der Waals surface area contributed by atoms with Crippen LogP contribution in [0.2, 0.25) is 0 Å². The molecule has 0 bridgehead atoms. The smallest absolute Gasteiger partial charge is 0.191 e. The summed E-state index contributed by atoms with van der Waals surface area (Å²) in [5.41, 5.74) is 2.15. The highest BCUT2D eigenvalue weighted by molar-refractivity contribution is 7.92. The monoisotopic (exact) mass is 411 g/mol. The van der Waals surface area contributed by atoms with Gasteiger partial charge >= 0.3 is 0 Å². The third-order valence-corrected chi connectivity index (χ3v) is 6.76. The van der Waals surface area contributed by atoms with Gasteiger partial charge in [-0.15, -0.1) is 0 Å². The molecule has 0 saturated carbocycles. The Bertz CT molecular complexity index is 756. The van der Waals surface area contributed by atoms with Crippen LogP contribution in [0.1, 0.15) is 52.2 Å².